The van der Waals surface area contributed by atoms with Crippen LogP contribution in [0.2, 0.25) is 0 Å². The molecule has 3 heteroatoms. The van der Waals surface area contributed by atoms with Crippen molar-refractivity contribution in [2.24, 2.45) is 5.92 Å². The Morgan fingerprint density at radius 2 is 1.85 bits per heavy atom. The Hall–Kier alpha value is -2.34. The first-order valence-electron chi connectivity index (χ1n) is 6.78. The summed E-state index contributed by atoms with van der Waals surface area (Å²) in [5.41, 5.74) is 2.44. The zero-order valence-corrected chi connectivity index (χ0v) is 11.8. The molecular weight excluding hydrogens is 248 g/mol. The van der Waals surface area contributed by atoms with E-state index in [1.807, 2.05) is 36.4 Å². The molecule has 2 aromatic rings. The maximum absolute atomic E-state index is 12.5. The third-order valence-corrected chi connectivity index (χ3v) is 3.14. The highest BCUT2D eigenvalue weighted by molar-refractivity contribution is 5.59. The van der Waals surface area contributed by atoms with Crippen LogP contribution in [0.4, 0.5) is 0 Å². The van der Waals surface area contributed by atoms with Crippen LogP contribution in [0.5, 0.6) is 0 Å². The lowest BCUT2D eigenvalue weighted by Gasteiger charge is -2.16. The molecule has 0 unspecified atom stereocenters. The predicted molar refractivity (Wildman–Crippen MR) is 80.3 cm³/mol. The molecule has 0 radical (unpaired) electrons. The van der Waals surface area contributed by atoms with E-state index in [-0.39, 0.29) is 12.0 Å². The van der Waals surface area contributed by atoms with Crippen molar-refractivity contribution in [3.8, 4) is 17.3 Å². The smallest absolute Gasteiger partial charge is 0.255 e. The summed E-state index contributed by atoms with van der Waals surface area (Å²) < 4.78 is 1.78. The molecule has 0 saturated carbocycles. The molecule has 3 nitrogen and oxygen atoms in total. The summed E-state index contributed by atoms with van der Waals surface area (Å²) >= 11 is 0. The minimum Gasteiger partial charge on any atom is -0.308 e. The van der Waals surface area contributed by atoms with E-state index in [0.717, 1.165) is 11.3 Å². The number of hydrogen-bond donors (Lipinski definition) is 0. The Balaban J connectivity index is 2.60. The summed E-state index contributed by atoms with van der Waals surface area (Å²) in [5.74, 6) is 0.368. The van der Waals surface area contributed by atoms with Gasteiger partial charge in [0, 0.05) is 12.1 Å². The number of nitrogens with zero attached hydrogens (tertiary/aromatic N) is 2. The van der Waals surface area contributed by atoms with Gasteiger partial charge in [0.2, 0.25) is 0 Å². The molecule has 0 fully saturated rings. The van der Waals surface area contributed by atoms with Gasteiger partial charge in [-0.2, -0.15) is 5.26 Å². The Kier molecular flexibility index (Phi) is 4.37. The van der Waals surface area contributed by atoms with Crippen molar-refractivity contribution in [2.45, 2.75) is 26.8 Å². The van der Waals surface area contributed by atoms with Gasteiger partial charge in [0.25, 0.3) is 5.56 Å². The molecule has 20 heavy (non-hydrogen) atoms. The molecule has 0 atom stereocenters. The van der Waals surface area contributed by atoms with E-state index in [2.05, 4.69) is 19.9 Å². The maximum atomic E-state index is 12.5. The Labute approximate surface area is 119 Å². The van der Waals surface area contributed by atoms with Crippen molar-refractivity contribution < 1.29 is 0 Å². The quantitative estimate of drug-likeness (QED) is 0.852. The standard InChI is InChI=1S/C17H18N2O/c1-13(2)12-19-16(14-6-4-3-5-7-14)9-8-15(10-11-18)17(19)20/h3-9,13H,10,12H2,1-2H3. The highest BCUT2D eigenvalue weighted by atomic mass is 16.1. The molecule has 0 bridgehead atoms. The number of hydrogen-bond acceptors (Lipinski definition) is 2. The number of pyridine rings is 1. The highest BCUT2D eigenvalue weighted by Gasteiger charge is 2.11. The minimum atomic E-state index is -0.0541. The third-order valence-electron chi connectivity index (χ3n) is 3.14. The second-order valence-electron chi connectivity index (χ2n) is 5.25. The summed E-state index contributed by atoms with van der Waals surface area (Å²) in [5, 5.41) is 8.81. The second kappa shape index (κ2) is 6.21. The van der Waals surface area contributed by atoms with E-state index < -0.39 is 0 Å². The van der Waals surface area contributed by atoms with Crippen molar-refractivity contribution in [1.29, 1.82) is 5.26 Å². The van der Waals surface area contributed by atoms with Gasteiger partial charge in [-0.3, -0.25) is 4.79 Å². The Bertz CT molecular complexity index is 678. The van der Waals surface area contributed by atoms with Gasteiger partial charge in [-0.1, -0.05) is 50.2 Å². The minimum absolute atomic E-state index is 0.0541. The Morgan fingerprint density at radius 1 is 1.15 bits per heavy atom. The fraction of sp³-hybridized carbons (Fsp3) is 0.294. The fourth-order valence-electron chi connectivity index (χ4n) is 2.25. The van der Waals surface area contributed by atoms with Gasteiger partial charge in [0.1, 0.15) is 0 Å². The Morgan fingerprint density at radius 3 is 2.45 bits per heavy atom. The van der Waals surface area contributed by atoms with Crippen LogP contribution in [-0.2, 0) is 13.0 Å². The number of rotatable bonds is 4. The first kappa shape index (κ1) is 14.1. The van der Waals surface area contributed by atoms with Crippen LogP contribution in [0.3, 0.4) is 0 Å². The fourth-order valence-corrected chi connectivity index (χ4v) is 2.25. The first-order chi connectivity index (χ1) is 9.63. The van der Waals surface area contributed by atoms with Gasteiger partial charge in [0.15, 0.2) is 0 Å². The van der Waals surface area contributed by atoms with Gasteiger partial charge in [0.05, 0.1) is 18.2 Å². The van der Waals surface area contributed by atoms with Crippen LogP contribution in [-0.4, -0.2) is 4.57 Å². The summed E-state index contributed by atoms with van der Waals surface area (Å²) in [6.07, 6.45) is 0.159. The van der Waals surface area contributed by atoms with Crippen LogP contribution in [0.15, 0.2) is 47.3 Å². The third kappa shape index (κ3) is 2.97. The lowest BCUT2D eigenvalue weighted by Crippen LogP contribution is -2.26. The zero-order valence-electron chi connectivity index (χ0n) is 11.8. The van der Waals surface area contributed by atoms with Crippen molar-refractivity contribution in [1.82, 2.24) is 4.57 Å². The van der Waals surface area contributed by atoms with Crippen LogP contribution in [0.1, 0.15) is 19.4 Å². The van der Waals surface area contributed by atoms with Gasteiger partial charge in [-0.05, 0) is 17.5 Å². The highest BCUT2D eigenvalue weighted by Crippen LogP contribution is 2.19. The number of benzene rings is 1. The van der Waals surface area contributed by atoms with Gasteiger partial charge in [-0.25, -0.2) is 0 Å². The largest absolute Gasteiger partial charge is 0.308 e. The summed E-state index contributed by atoms with van der Waals surface area (Å²) in [4.78, 5) is 12.5. The average molecular weight is 266 g/mol. The summed E-state index contributed by atoms with van der Waals surface area (Å²) in [6, 6.07) is 15.6. The monoisotopic (exact) mass is 266 g/mol. The molecule has 1 aromatic heterocycles. The SMILES string of the molecule is CC(C)Cn1c(-c2ccccc2)ccc(CC#N)c1=O. The molecule has 0 N–H and O–H groups in total. The van der Waals surface area contributed by atoms with Crippen molar-refractivity contribution in [3.63, 3.8) is 0 Å². The van der Waals surface area contributed by atoms with Crippen LogP contribution in [0.25, 0.3) is 11.3 Å². The van der Waals surface area contributed by atoms with Gasteiger partial charge in [-0.15, -0.1) is 0 Å². The van der Waals surface area contributed by atoms with E-state index in [1.165, 1.54) is 0 Å². The van der Waals surface area contributed by atoms with E-state index in [1.54, 1.807) is 10.6 Å². The molecule has 0 spiro atoms. The topological polar surface area (TPSA) is 45.8 Å². The molecule has 1 heterocycles. The molecule has 1 aromatic carbocycles. The van der Waals surface area contributed by atoms with E-state index in [4.69, 9.17) is 5.26 Å². The van der Waals surface area contributed by atoms with Crippen LogP contribution < -0.4 is 5.56 Å². The molecule has 0 amide bonds. The molecule has 0 aliphatic rings. The van der Waals surface area contributed by atoms with E-state index in [9.17, 15) is 4.79 Å². The molecule has 0 saturated heterocycles. The lowest BCUT2D eigenvalue weighted by atomic mass is 10.1. The van der Waals surface area contributed by atoms with Gasteiger partial charge < -0.3 is 4.57 Å². The molecule has 2 rings (SSSR count). The lowest BCUT2D eigenvalue weighted by molar-refractivity contribution is 0.513. The van der Waals surface area contributed by atoms with E-state index >= 15 is 0 Å². The van der Waals surface area contributed by atoms with Crippen molar-refractivity contribution >= 4 is 0 Å². The summed E-state index contributed by atoms with van der Waals surface area (Å²) in [7, 11) is 0. The first-order valence-corrected chi connectivity index (χ1v) is 6.78. The van der Waals surface area contributed by atoms with E-state index in [0.29, 0.717) is 18.0 Å². The zero-order chi connectivity index (χ0) is 14.5. The van der Waals surface area contributed by atoms with Crippen LogP contribution in [0, 0.1) is 17.2 Å². The number of aromatic nitrogens is 1. The predicted octanol–water partition coefficient (Wildman–Crippen LogP) is 3.24. The van der Waals surface area contributed by atoms with Crippen molar-refractivity contribution in [3.05, 3.63) is 58.4 Å². The molecule has 102 valence electrons. The molecule has 0 aliphatic heterocycles. The molecular formula is C17H18N2O. The molecule has 0 aliphatic carbocycles. The average Bonchev–Trinajstić information content (AvgIpc) is 2.44. The van der Waals surface area contributed by atoms with Crippen LogP contribution >= 0.6 is 0 Å². The van der Waals surface area contributed by atoms with Crippen molar-refractivity contribution in [2.75, 3.05) is 0 Å². The maximum Gasteiger partial charge on any atom is 0.255 e. The summed E-state index contributed by atoms with van der Waals surface area (Å²) in [6.45, 7) is 4.82. The number of nitriles is 1. The van der Waals surface area contributed by atoms with Gasteiger partial charge >= 0.3 is 0 Å². The second-order valence-corrected chi connectivity index (χ2v) is 5.25. The normalized spacial score (nSPS) is 10.5.